The van der Waals surface area contributed by atoms with Gasteiger partial charge in [0, 0.05) is 32.2 Å². The summed E-state index contributed by atoms with van der Waals surface area (Å²) in [6.45, 7) is 5.68. The van der Waals surface area contributed by atoms with E-state index in [-0.39, 0.29) is 0 Å². The fraction of sp³-hybridized carbons (Fsp3) is 0.944. The number of piperazine rings is 1. The molecule has 1 aromatic rings. The van der Waals surface area contributed by atoms with Crippen LogP contribution in [0.3, 0.4) is 0 Å². The molecule has 0 spiro atoms. The van der Waals surface area contributed by atoms with E-state index in [0.29, 0.717) is 6.04 Å². The molecule has 6 nitrogen and oxygen atoms in total. The zero-order valence-corrected chi connectivity index (χ0v) is 14.9. The Morgan fingerprint density at radius 3 is 2.04 bits per heavy atom. The van der Waals surface area contributed by atoms with E-state index in [1.807, 2.05) is 0 Å². The van der Waals surface area contributed by atoms with Gasteiger partial charge < -0.3 is 0 Å². The summed E-state index contributed by atoms with van der Waals surface area (Å²) in [7, 11) is 0. The predicted octanol–water partition coefficient (Wildman–Crippen LogP) is 2.63. The average molecular weight is 332 g/mol. The third-order valence-corrected chi connectivity index (χ3v) is 6.34. The van der Waals surface area contributed by atoms with Crippen molar-refractivity contribution in [3.05, 3.63) is 5.82 Å². The summed E-state index contributed by atoms with van der Waals surface area (Å²) in [5.74, 6) is 1.08. The fourth-order valence-corrected chi connectivity index (χ4v) is 4.86. The van der Waals surface area contributed by atoms with Crippen LogP contribution in [-0.2, 0) is 6.54 Å². The van der Waals surface area contributed by atoms with E-state index < -0.39 is 0 Å². The van der Waals surface area contributed by atoms with Crippen LogP contribution in [0.4, 0.5) is 0 Å². The van der Waals surface area contributed by atoms with Crippen molar-refractivity contribution in [1.29, 1.82) is 0 Å². The highest BCUT2D eigenvalue weighted by atomic mass is 15.6. The molecule has 2 aliphatic carbocycles. The first-order valence-corrected chi connectivity index (χ1v) is 10.1. The number of aromatic nitrogens is 4. The maximum atomic E-state index is 4.34. The minimum Gasteiger partial charge on any atom is -0.298 e. The van der Waals surface area contributed by atoms with E-state index >= 15 is 0 Å². The third-order valence-electron chi connectivity index (χ3n) is 6.34. The van der Waals surface area contributed by atoms with Crippen molar-refractivity contribution in [3.63, 3.8) is 0 Å². The minimum atomic E-state index is 0.535. The average Bonchev–Trinajstić information content (AvgIpc) is 3.12. The van der Waals surface area contributed by atoms with E-state index in [1.165, 1.54) is 77.3 Å². The smallest absolute Gasteiger partial charge is 0.165 e. The summed E-state index contributed by atoms with van der Waals surface area (Å²) in [6.07, 6.45) is 13.6. The van der Waals surface area contributed by atoms with E-state index in [0.717, 1.165) is 31.5 Å². The van der Waals surface area contributed by atoms with E-state index in [2.05, 4.69) is 30.0 Å². The molecule has 0 amide bonds. The molecule has 0 unspecified atom stereocenters. The molecule has 134 valence electrons. The predicted molar refractivity (Wildman–Crippen MR) is 93.7 cm³/mol. The number of hydrogen-bond acceptors (Lipinski definition) is 5. The minimum absolute atomic E-state index is 0.535. The number of hydrogen-bond donors (Lipinski definition) is 0. The molecule has 0 radical (unpaired) electrons. The topological polar surface area (TPSA) is 50.1 Å². The van der Waals surface area contributed by atoms with Crippen LogP contribution in [-0.4, -0.2) is 62.2 Å². The zero-order valence-electron chi connectivity index (χ0n) is 14.9. The van der Waals surface area contributed by atoms with Gasteiger partial charge in [0.15, 0.2) is 5.82 Å². The fourth-order valence-electron chi connectivity index (χ4n) is 4.86. The molecule has 2 heterocycles. The van der Waals surface area contributed by atoms with Gasteiger partial charge in [-0.15, -0.1) is 5.10 Å². The Balaban J connectivity index is 1.30. The highest BCUT2D eigenvalue weighted by molar-refractivity contribution is 4.88. The standard InChI is InChI=1S/C18H32N6/c1-3-7-16(8-4-1)23-13-11-22(12-14-23)15-18-19-20-21-24(18)17-9-5-2-6-10-17/h16-17H,1-15H2. The number of tetrazole rings is 1. The van der Waals surface area contributed by atoms with Crippen LogP contribution in [0.1, 0.15) is 76.1 Å². The SMILES string of the molecule is C1CCC(N2CCN(Cc3nnnn3C3CCCCC3)CC2)CC1. The molecule has 6 heteroatoms. The molecular formula is C18H32N6. The van der Waals surface area contributed by atoms with Crippen LogP contribution in [0.25, 0.3) is 0 Å². The second-order valence-corrected chi connectivity index (χ2v) is 7.94. The van der Waals surface area contributed by atoms with Crippen molar-refractivity contribution in [1.82, 2.24) is 30.0 Å². The Morgan fingerprint density at radius 2 is 1.38 bits per heavy atom. The summed E-state index contributed by atoms with van der Waals surface area (Å²) >= 11 is 0. The Morgan fingerprint density at radius 1 is 0.750 bits per heavy atom. The Bertz CT molecular complexity index is 495. The summed E-state index contributed by atoms with van der Waals surface area (Å²) < 4.78 is 2.13. The van der Waals surface area contributed by atoms with Gasteiger partial charge >= 0.3 is 0 Å². The van der Waals surface area contributed by atoms with Gasteiger partial charge in [0.25, 0.3) is 0 Å². The molecule has 3 aliphatic rings. The molecule has 24 heavy (non-hydrogen) atoms. The molecule has 2 saturated carbocycles. The van der Waals surface area contributed by atoms with Crippen molar-refractivity contribution < 1.29 is 0 Å². The number of nitrogens with zero attached hydrogens (tertiary/aromatic N) is 6. The van der Waals surface area contributed by atoms with Gasteiger partial charge in [-0.1, -0.05) is 38.5 Å². The van der Waals surface area contributed by atoms with E-state index in [1.54, 1.807) is 0 Å². The first-order chi connectivity index (χ1) is 11.9. The van der Waals surface area contributed by atoms with Gasteiger partial charge in [-0.3, -0.25) is 9.80 Å². The van der Waals surface area contributed by atoms with Gasteiger partial charge in [-0.2, -0.15) is 0 Å². The third kappa shape index (κ3) is 3.80. The molecule has 3 fully saturated rings. The molecular weight excluding hydrogens is 300 g/mol. The molecule has 0 N–H and O–H groups in total. The molecule has 4 rings (SSSR count). The molecule has 0 bridgehead atoms. The van der Waals surface area contributed by atoms with Crippen LogP contribution in [0.2, 0.25) is 0 Å². The lowest BCUT2D eigenvalue weighted by atomic mass is 9.94. The monoisotopic (exact) mass is 332 g/mol. The second-order valence-electron chi connectivity index (χ2n) is 7.94. The number of rotatable bonds is 4. The van der Waals surface area contributed by atoms with Crippen LogP contribution < -0.4 is 0 Å². The largest absolute Gasteiger partial charge is 0.298 e. The molecule has 0 atom stereocenters. The Kier molecular flexibility index (Phi) is 5.43. The van der Waals surface area contributed by atoms with Gasteiger partial charge in [-0.25, -0.2) is 4.68 Å². The van der Waals surface area contributed by atoms with Crippen molar-refractivity contribution in [2.75, 3.05) is 26.2 Å². The van der Waals surface area contributed by atoms with Crippen LogP contribution in [0.5, 0.6) is 0 Å². The Labute approximate surface area is 145 Å². The first kappa shape index (κ1) is 16.5. The second kappa shape index (κ2) is 7.91. The normalized spacial score (nSPS) is 26.0. The maximum absolute atomic E-state index is 4.34. The van der Waals surface area contributed by atoms with Crippen molar-refractivity contribution >= 4 is 0 Å². The lowest BCUT2D eigenvalue weighted by molar-refractivity contribution is 0.0730. The van der Waals surface area contributed by atoms with Gasteiger partial charge in [0.05, 0.1) is 12.6 Å². The van der Waals surface area contributed by atoms with Crippen LogP contribution in [0.15, 0.2) is 0 Å². The molecule has 1 aliphatic heterocycles. The summed E-state index contributed by atoms with van der Waals surface area (Å²) in [5, 5.41) is 12.6. The van der Waals surface area contributed by atoms with Crippen LogP contribution in [0, 0.1) is 0 Å². The molecule has 0 aromatic carbocycles. The van der Waals surface area contributed by atoms with Gasteiger partial charge in [0.1, 0.15) is 0 Å². The highest BCUT2D eigenvalue weighted by Crippen LogP contribution is 2.28. The highest BCUT2D eigenvalue weighted by Gasteiger charge is 2.27. The quantitative estimate of drug-likeness (QED) is 0.848. The molecule has 1 saturated heterocycles. The van der Waals surface area contributed by atoms with Crippen LogP contribution >= 0.6 is 0 Å². The van der Waals surface area contributed by atoms with Crippen molar-refractivity contribution in [2.45, 2.75) is 82.8 Å². The summed E-state index contributed by atoms with van der Waals surface area (Å²) in [4.78, 5) is 5.28. The summed E-state index contributed by atoms with van der Waals surface area (Å²) in [6, 6.07) is 1.39. The van der Waals surface area contributed by atoms with Gasteiger partial charge in [-0.05, 0) is 36.1 Å². The van der Waals surface area contributed by atoms with Crippen molar-refractivity contribution in [3.8, 4) is 0 Å². The van der Waals surface area contributed by atoms with Crippen molar-refractivity contribution in [2.24, 2.45) is 0 Å². The maximum Gasteiger partial charge on any atom is 0.165 e. The lowest BCUT2D eigenvalue weighted by Gasteiger charge is -2.40. The van der Waals surface area contributed by atoms with E-state index in [9.17, 15) is 0 Å². The molecule has 1 aromatic heterocycles. The van der Waals surface area contributed by atoms with E-state index in [4.69, 9.17) is 0 Å². The van der Waals surface area contributed by atoms with Gasteiger partial charge in [0.2, 0.25) is 0 Å². The Hall–Kier alpha value is -1.01. The lowest BCUT2D eigenvalue weighted by Crippen LogP contribution is -2.50. The summed E-state index contributed by atoms with van der Waals surface area (Å²) in [5.41, 5.74) is 0. The zero-order chi connectivity index (χ0) is 16.2. The first-order valence-electron chi connectivity index (χ1n) is 10.1.